The largest absolute Gasteiger partial charge is 0.465 e. The minimum Gasteiger partial charge on any atom is -0.465 e. The van der Waals surface area contributed by atoms with Crippen molar-refractivity contribution in [1.29, 1.82) is 0 Å². The van der Waals surface area contributed by atoms with Crippen molar-refractivity contribution in [2.75, 3.05) is 6.61 Å². The molecule has 0 aliphatic heterocycles. The number of carbonyl (C=O) groups is 2. The summed E-state index contributed by atoms with van der Waals surface area (Å²) in [6.45, 7) is 7.95. The minimum atomic E-state index is -0.398. The quantitative estimate of drug-likeness (QED) is 0.568. The number of aliphatic hydroxyl groups is 1. The van der Waals surface area contributed by atoms with E-state index in [1.54, 1.807) is 0 Å². The monoisotopic (exact) mass is 404 g/mol. The van der Waals surface area contributed by atoms with Crippen molar-refractivity contribution in [3.8, 4) is 0 Å². The van der Waals surface area contributed by atoms with Gasteiger partial charge in [0, 0.05) is 26.2 Å². The molecule has 0 unspecified atom stereocenters. The van der Waals surface area contributed by atoms with Gasteiger partial charge >= 0.3 is 11.9 Å². The first-order chi connectivity index (χ1) is 13.6. The molecule has 5 nitrogen and oxygen atoms in total. The van der Waals surface area contributed by atoms with Crippen molar-refractivity contribution in [1.82, 2.24) is 0 Å². The van der Waals surface area contributed by atoms with Gasteiger partial charge in [0.2, 0.25) is 0 Å². The maximum Gasteiger partial charge on any atom is 0.302 e. The molecule has 0 heterocycles. The zero-order chi connectivity index (χ0) is 21.0. The minimum absolute atomic E-state index is 0.0265. The normalized spacial score (nSPS) is 46.0. The topological polar surface area (TPSA) is 72.8 Å². The van der Waals surface area contributed by atoms with Crippen LogP contribution in [0.5, 0.6) is 0 Å². The maximum absolute atomic E-state index is 11.4. The van der Waals surface area contributed by atoms with E-state index in [1.165, 1.54) is 19.4 Å². The summed E-state index contributed by atoms with van der Waals surface area (Å²) >= 11 is 0. The maximum atomic E-state index is 11.4. The fraction of sp³-hybridized carbons (Fsp3) is 0.833. The van der Waals surface area contributed by atoms with E-state index in [9.17, 15) is 14.7 Å². The second-order valence-corrected chi connectivity index (χ2v) is 10.5. The number of allylic oxidation sites excluding steroid dienone is 1. The van der Waals surface area contributed by atoms with Gasteiger partial charge in [-0.1, -0.05) is 25.5 Å². The van der Waals surface area contributed by atoms with E-state index in [1.807, 2.05) is 0 Å². The van der Waals surface area contributed by atoms with Crippen LogP contribution in [-0.4, -0.2) is 35.9 Å². The number of rotatable bonds is 3. The molecule has 8 atom stereocenters. The lowest BCUT2D eigenvalue weighted by Crippen LogP contribution is -2.51. The molecule has 0 amide bonds. The first kappa shape index (κ1) is 20.9. The van der Waals surface area contributed by atoms with Crippen LogP contribution in [0.3, 0.4) is 0 Å². The highest BCUT2D eigenvalue weighted by Gasteiger charge is 2.61. The Morgan fingerprint density at radius 1 is 1.14 bits per heavy atom. The van der Waals surface area contributed by atoms with E-state index in [2.05, 4.69) is 19.9 Å². The van der Waals surface area contributed by atoms with Crippen LogP contribution in [0.1, 0.15) is 72.6 Å². The molecule has 4 aliphatic carbocycles. The van der Waals surface area contributed by atoms with E-state index in [0.29, 0.717) is 24.4 Å². The van der Waals surface area contributed by atoms with E-state index in [-0.39, 0.29) is 34.8 Å². The third-order valence-electron chi connectivity index (χ3n) is 9.01. The van der Waals surface area contributed by atoms with Crippen LogP contribution >= 0.6 is 0 Å². The lowest BCUT2D eigenvalue weighted by Gasteiger charge is -2.57. The molecule has 5 heteroatoms. The molecule has 4 rings (SSSR count). The first-order valence-corrected chi connectivity index (χ1v) is 11.3. The molecule has 0 spiro atoms. The average molecular weight is 405 g/mol. The zero-order valence-electron chi connectivity index (χ0n) is 18.3. The lowest BCUT2D eigenvalue weighted by atomic mass is 9.48. The molecule has 3 saturated carbocycles. The summed E-state index contributed by atoms with van der Waals surface area (Å²) in [5, 5.41) is 11.1. The van der Waals surface area contributed by atoms with Gasteiger partial charge < -0.3 is 14.6 Å². The molecule has 0 aromatic rings. The Hall–Kier alpha value is -1.36. The van der Waals surface area contributed by atoms with Gasteiger partial charge in [0.1, 0.15) is 6.10 Å². The Morgan fingerprint density at radius 3 is 2.59 bits per heavy atom. The third kappa shape index (κ3) is 3.43. The molecule has 29 heavy (non-hydrogen) atoms. The van der Waals surface area contributed by atoms with Crippen molar-refractivity contribution >= 4 is 11.9 Å². The molecule has 0 radical (unpaired) electrons. The Bertz CT molecular complexity index is 714. The Morgan fingerprint density at radius 2 is 1.90 bits per heavy atom. The van der Waals surface area contributed by atoms with Crippen LogP contribution in [-0.2, 0) is 19.1 Å². The van der Waals surface area contributed by atoms with Crippen molar-refractivity contribution in [2.45, 2.75) is 84.8 Å². The van der Waals surface area contributed by atoms with E-state index < -0.39 is 6.10 Å². The predicted octanol–water partition coefficient (Wildman–Crippen LogP) is 4.03. The van der Waals surface area contributed by atoms with Crippen molar-refractivity contribution < 1.29 is 24.2 Å². The van der Waals surface area contributed by atoms with Crippen molar-refractivity contribution in [3.63, 3.8) is 0 Å². The SMILES string of the molecule is CC(=O)OC[C@H]1C[C@H]2[C@@H]3CC=C4C[C@@H](OC(C)=O)CC[C@]4(C)[C@H]3CC[C@]2(C)[C@H]1O. The third-order valence-corrected chi connectivity index (χ3v) is 9.01. The molecule has 162 valence electrons. The highest BCUT2D eigenvalue weighted by atomic mass is 16.5. The number of hydrogen-bond donors (Lipinski definition) is 1. The predicted molar refractivity (Wildman–Crippen MR) is 109 cm³/mol. The lowest BCUT2D eigenvalue weighted by molar-refractivity contribution is -0.148. The van der Waals surface area contributed by atoms with Crippen molar-refractivity contribution in [2.24, 2.45) is 34.5 Å². The molecular weight excluding hydrogens is 368 g/mol. The highest BCUT2D eigenvalue weighted by Crippen LogP contribution is 2.65. The number of fused-ring (bicyclic) bond motifs is 5. The Kier molecular flexibility index (Phi) is 5.33. The van der Waals surface area contributed by atoms with Gasteiger partial charge in [0.05, 0.1) is 12.7 Å². The van der Waals surface area contributed by atoms with Crippen LogP contribution in [0.25, 0.3) is 0 Å². The van der Waals surface area contributed by atoms with E-state index in [0.717, 1.165) is 44.9 Å². The fourth-order valence-corrected chi connectivity index (χ4v) is 7.50. The average Bonchev–Trinajstić information content (AvgIpc) is 2.91. The van der Waals surface area contributed by atoms with Crippen LogP contribution in [0.15, 0.2) is 11.6 Å². The number of ether oxygens (including phenoxy) is 2. The second-order valence-electron chi connectivity index (χ2n) is 10.5. The number of carbonyl (C=O) groups excluding carboxylic acids is 2. The van der Waals surface area contributed by atoms with Crippen molar-refractivity contribution in [3.05, 3.63) is 11.6 Å². The molecule has 3 fully saturated rings. The van der Waals surface area contributed by atoms with Gasteiger partial charge in [-0.3, -0.25) is 9.59 Å². The summed E-state index contributed by atoms with van der Waals surface area (Å²) < 4.78 is 10.8. The number of aliphatic hydroxyl groups excluding tert-OH is 1. The van der Waals surface area contributed by atoms with Crippen LogP contribution in [0.4, 0.5) is 0 Å². The van der Waals surface area contributed by atoms with Gasteiger partial charge in [-0.15, -0.1) is 0 Å². The molecule has 4 aliphatic rings. The van der Waals surface area contributed by atoms with E-state index >= 15 is 0 Å². The summed E-state index contributed by atoms with van der Waals surface area (Å²) in [7, 11) is 0. The van der Waals surface area contributed by atoms with Gasteiger partial charge in [-0.25, -0.2) is 0 Å². The Labute approximate surface area is 174 Å². The van der Waals surface area contributed by atoms with Gasteiger partial charge in [0.15, 0.2) is 0 Å². The van der Waals surface area contributed by atoms with Gasteiger partial charge in [-0.2, -0.15) is 0 Å². The highest BCUT2D eigenvalue weighted by molar-refractivity contribution is 5.66. The summed E-state index contributed by atoms with van der Waals surface area (Å²) in [6, 6.07) is 0. The summed E-state index contributed by atoms with van der Waals surface area (Å²) in [6.07, 6.45) is 9.11. The zero-order valence-corrected chi connectivity index (χ0v) is 18.3. The van der Waals surface area contributed by atoms with Crippen LogP contribution in [0, 0.1) is 34.5 Å². The Balaban J connectivity index is 1.54. The molecule has 1 N–H and O–H groups in total. The molecule has 0 aromatic heterocycles. The summed E-state index contributed by atoms with van der Waals surface area (Å²) in [4.78, 5) is 22.7. The fourth-order valence-electron chi connectivity index (χ4n) is 7.50. The molecule has 0 saturated heterocycles. The number of esters is 2. The second kappa shape index (κ2) is 7.40. The van der Waals surface area contributed by atoms with E-state index in [4.69, 9.17) is 9.47 Å². The summed E-state index contributed by atoms with van der Waals surface area (Å²) in [5.74, 6) is 1.27. The first-order valence-electron chi connectivity index (χ1n) is 11.3. The van der Waals surface area contributed by atoms with Gasteiger partial charge in [0.25, 0.3) is 0 Å². The number of hydrogen-bond acceptors (Lipinski definition) is 5. The van der Waals surface area contributed by atoms with Gasteiger partial charge in [-0.05, 0) is 67.1 Å². The smallest absolute Gasteiger partial charge is 0.302 e. The van der Waals surface area contributed by atoms with Crippen LogP contribution in [0.2, 0.25) is 0 Å². The molecular formula is C24H36O5. The van der Waals surface area contributed by atoms with Crippen LogP contribution < -0.4 is 0 Å². The summed E-state index contributed by atoms with van der Waals surface area (Å²) in [5.41, 5.74) is 1.58. The molecule has 0 aromatic carbocycles. The standard InChI is InChI=1S/C24H36O5/c1-14(25)28-13-16-11-21-19-6-5-17-12-18(29-15(2)26)7-9-23(17,3)20(19)8-10-24(21,4)22(16)27/h5,16,18-22,27H,6-13H2,1-4H3/t16-,18+,19-,20+,21+,22+,23+,24+/m1/s1. The molecule has 0 bridgehead atoms.